The number of piperazine rings is 1. The van der Waals surface area contributed by atoms with Crippen LogP contribution in [0.15, 0.2) is 53.5 Å². The molecule has 2 aromatic rings. The summed E-state index contributed by atoms with van der Waals surface area (Å²) in [5.41, 5.74) is 2.36. The van der Waals surface area contributed by atoms with E-state index in [0.717, 1.165) is 55.9 Å². The lowest BCUT2D eigenvalue weighted by Gasteiger charge is -2.38. The van der Waals surface area contributed by atoms with Crippen LogP contribution in [0.25, 0.3) is 0 Å². The van der Waals surface area contributed by atoms with Crippen LogP contribution in [0.3, 0.4) is 0 Å². The summed E-state index contributed by atoms with van der Waals surface area (Å²) in [5, 5.41) is 3.54. The van der Waals surface area contributed by atoms with Gasteiger partial charge in [0.1, 0.15) is 11.5 Å². The Bertz CT molecular complexity index is 816. The highest BCUT2D eigenvalue weighted by molar-refractivity contribution is 5.80. The molecule has 29 heavy (non-hydrogen) atoms. The smallest absolute Gasteiger partial charge is 0.193 e. The van der Waals surface area contributed by atoms with Crippen molar-refractivity contribution >= 4 is 11.6 Å². The first-order valence-corrected chi connectivity index (χ1v) is 10.1. The van der Waals surface area contributed by atoms with Gasteiger partial charge in [0.15, 0.2) is 5.96 Å². The molecule has 6 nitrogen and oxygen atoms in total. The minimum Gasteiger partial charge on any atom is -0.496 e. The molecule has 1 atom stereocenters. The number of guanidine groups is 1. The zero-order valence-electron chi connectivity index (χ0n) is 17.9. The zero-order valence-corrected chi connectivity index (χ0v) is 17.9. The third-order valence-corrected chi connectivity index (χ3v) is 5.45. The largest absolute Gasteiger partial charge is 0.496 e. The van der Waals surface area contributed by atoms with Gasteiger partial charge in [-0.2, -0.15) is 0 Å². The summed E-state index contributed by atoms with van der Waals surface area (Å²) in [6, 6.07) is 16.4. The standard InChI is InChI=1S/C23H32N4O2/c1-18(19-9-5-7-11-21(19)28-3)17-25-23(24-2)27-15-13-26(14-16-27)20-10-6-8-12-22(20)29-4/h5-12,18H,13-17H2,1-4H3,(H,24,25). The van der Waals surface area contributed by atoms with E-state index in [0.29, 0.717) is 5.92 Å². The van der Waals surface area contributed by atoms with Crippen LogP contribution >= 0.6 is 0 Å². The molecule has 156 valence electrons. The summed E-state index contributed by atoms with van der Waals surface area (Å²) >= 11 is 0. The van der Waals surface area contributed by atoms with Gasteiger partial charge >= 0.3 is 0 Å². The number of ether oxygens (including phenoxy) is 2. The third-order valence-electron chi connectivity index (χ3n) is 5.45. The van der Waals surface area contributed by atoms with E-state index in [1.807, 2.05) is 31.3 Å². The second-order valence-corrected chi connectivity index (χ2v) is 7.22. The average Bonchev–Trinajstić information content (AvgIpc) is 2.79. The first kappa shape index (κ1) is 20.8. The molecule has 1 unspecified atom stereocenters. The van der Waals surface area contributed by atoms with E-state index >= 15 is 0 Å². The number of para-hydroxylation sites is 3. The molecule has 2 aromatic carbocycles. The van der Waals surface area contributed by atoms with Gasteiger partial charge in [-0.3, -0.25) is 4.99 Å². The molecule has 6 heteroatoms. The fourth-order valence-electron chi connectivity index (χ4n) is 3.81. The maximum atomic E-state index is 5.52. The maximum absolute atomic E-state index is 5.52. The van der Waals surface area contributed by atoms with Crippen LogP contribution in [0, 0.1) is 0 Å². The van der Waals surface area contributed by atoms with Crippen molar-refractivity contribution in [1.29, 1.82) is 0 Å². The molecule has 0 amide bonds. The second-order valence-electron chi connectivity index (χ2n) is 7.22. The molecular formula is C23H32N4O2. The SMILES string of the molecule is CN=C(NCC(C)c1ccccc1OC)N1CCN(c2ccccc2OC)CC1. The molecule has 0 aliphatic carbocycles. The molecule has 1 aliphatic rings. The number of hydrogen-bond acceptors (Lipinski definition) is 4. The fraction of sp³-hybridized carbons (Fsp3) is 0.435. The number of nitrogens with one attached hydrogen (secondary N) is 1. The van der Waals surface area contributed by atoms with Gasteiger partial charge in [0.05, 0.1) is 19.9 Å². The molecule has 0 bridgehead atoms. The highest BCUT2D eigenvalue weighted by Gasteiger charge is 2.22. The van der Waals surface area contributed by atoms with Crippen molar-refractivity contribution in [2.75, 3.05) is 58.9 Å². The van der Waals surface area contributed by atoms with Crippen molar-refractivity contribution in [3.8, 4) is 11.5 Å². The number of hydrogen-bond donors (Lipinski definition) is 1. The lowest BCUT2D eigenvalue weighted by atomic mass is 10.0. The minimum atomic E-state index is 0.317. The van der Waals surface area contributed by atoms with Gasteiger partial charge < -0.3 is 24.6 Å². The first-order chi connectivity index (χ1) is 14.2. The Labute approximate surface area is 174 Å². The number of nitrogens with zero attached hydrogens (tertiary/aromatic N) is 3. The summed E-state index contributed by atoms with van der Waals surface area (Å²) < 4.78 is 11.0. The van der Waals surface area contributed by atoms with Crippen LogP contribution in [0.5, 0.6) is 11.5 Å². The molecule has 1 saturated heterocycles. The minimum absolute atomic E-state index is 0.317. The van der Waals surface area contributed by atoms with Crippen LogP contribution in [0.1, 0.15) is 18.4 Å². The molecule has 1 fully saturated rings. The summed E-state index contributed by atoms with van der Waals surface area (Å²) in [5.74, 6) is 3.13. The van der Waals surface area contributed by atoms with Crippen molar-refractivity contribution in [1.82, 2.24) is 10.2 Å². The molecule has 3 rings (SSSR count). The molecule has 0 saturated carbocycles. The van der Waals surface area contributed by atoms with E-state index in [4.69, 9.17) is 9.47 Å². The van der Waals surface area contributed by atoms with Gasteiger partial charge in [0.25, 0.3) is 0 Å². The van der Waals surface area contributed by atoms with Gasteiger partial charge in [0.2, 0.25) is 0 Å². The van der Waals surface area contributed by atoms with Crippen LogP contribution < -0.4 is 19.7 Å². The average molecular weight is 397 g/mol. The van der Waals surface area contributed by atoms with E-state index in [1.165, 1.54) is 5.56 Å². The van der Waals surface area contributed by atoms with Crippen molar-refractivity contribution in [2.24, 2.45) is 4.99 Å². The lowest BCUT2D eigenvalue weighted by molar-refractivity contribution is 0.366. The zero-order chi connectivity index (χ0) is 20.6. The molecule has 0 aromatic heterocycles. The summed E-state index contributed by atoms with van der Waals surface area (Å²) in [6.45, 7) is 6.71. The van der Waals surface area contributed by atoms with Gasteiger partial charge in [0, 0.05) is 45.7 Å². The Morgan fingerprint density at radius 1 is 0.966 bits per heavy atom. The Kier molecular flexibility index (Phi) is 7.22. The van der Waals surface area contributed by atoms with Gasteiger partial charge in [-0.05, 0) is 23.8 Å². The highest BCUT2D eigenvalue weighted by atomic mass is 16.5. The topological polar surface area (TPSA) is 49.3 Å². The van der Waals surface area contributed by atoms with Crippen molar-refractivity contribution in [3.05, 3.63) is 54.1 Å². The molecule has 1 N–H and O–H groups in total. The van der Waals surface area contributed by atoms with Crippen LogP contribution in [0.2, 0.25) is 0 Å². The van der Waals surface area contributed by atoms with Crippen molar-refractivity contribution in [3.63, 3.8) is 0 Å². The van der Waals surface area contributed by atoms with E-state index in [1.54, 1.807) is 14.2 Å². The van der Waals surface area contributed by atoms with E-state index in [-0.39, 0.29) is 0 Å². The number of rotatable bonds is 6. The van der Waals surface area contributed by atoms with E-state index in [9.17, 15) is 0 Å². The number of aliphatic imine (C=N–C) groups is 1. The summed E-state index contributed by atoms with van der Waals surface area (Å²) in [4.78, 5) is 9.20. The quantitative estimate of drug-likeness (QED) is 0.600. The Balaban J connectivity index is 1.57. The van der Waals surface area contributed by atoms with Gasteiger partial charge in [-0.1, -0.05) is 37.3 Å². The van der Waals surface area contributed by atoms with Gasteiger partial charge in [-0.25, -0.2) is 0 Å². The van der Waals surface area contributed by atoms with Crippen molar-refractivity contribution in [2.45, 2.75) is 12.8 Å². The highest BCUT2D eigenvalue weighted by Crippen LogP contribution is 2.28. The first-order valence-electron chi connectivity index (χ1n) is 10.1. The van der Waals surface area contributed by atoms with Crippen molar-refractivity contribution < 1.29 is 9.47 Å². The Morgan fingerprint density at radius 2 is 1.59 bits per heavy atom. The Hall–Kier alpha value is -2.89. The van der Waals surface area contributed by atoms with Gasteiger partial charge in [-0.15, -0.1) is 0 Å². The molecular weight excluding hydrogens is 364 g/mol. The summed E-state index contributed by atoms with van der Waals surface area (Å²) in [6.07, 6.45) is 0. The van der Waals surface area contributed by atoms with Crippen LogP contribution in [-0.4, -0.2) is 64.9 Å². The number of benzene rings is 2. The van der Waals surface area contributed by atoms with E-state index in [2.05, 4.69) is 51.3 Å². The van der Waals surface area contributed by atoms with Crippen LogP contribution in [-0.2, 0) is 0 Å². The third kappa shape index (κ3) is 4.94. The van der Waals surface area contributed by atoms with E-state index < -0.39 is 0 Å². The molecule has 0 spiro atoms. The van der Waals surface area contributed by atoms with Crippen LogP contribution in [0.4, 0.5) is 5.69 Å². The number of methoxy groups -OCH3 is 2. The lowest BCUT2D eigenvalue weighted by Crippen LogP contribution is -2.53. The molecule has 1 aliphatic heterocycles. The second kappa shape index (κ2) is 10.0. The molecule has 1 heterocycles. The fourth-order valence-corrected chi connectivity index (χ4v) is 3.81. The molecule has 0 radical (unpaired) electrons. The predicted octanol–water partition coefficient (Wildman–Crippen LogP) is 3.20. The number of anilines is 1. The monoisotopic (exact) mass is 396 g/mol. The maximum Gasteiger partial charge on any atom is 0.193 e. The summed E-state index contributed by atoms with van der Waals surface area (Å²) in [7, 11) is 5.30. The predicted molar refractivity (Wildman–Crippen MR) is 120 cm³/mol. The Morgan fingerprint density at radius 3 is 2.24 bits per heavy atom. The normalized spacial score (nSPS) is 15.8.